The molecule has 1 unspecified atom stereocenters. The van der Waals surface area contributed by atoms with Gasteiger partial charge in [-0.15, -0.1) is 0 Å². The molecular weight excluding hydrogens is 298 g/mol. The van der Waals surface area contributed by atoms with E-state index in [1.54, 1.807) is 6.33 Å². The van der Waals surface area contributed by atoms with E-state index in [4.69, 9.17) is 0 Å². The van der Waals surface area contributed by atoms with Crippen LogP contribution in [0, 0.1) is 0 Å². The van der Waals surface area contributed by atoms with E-state index in [9.17, 15) is 0 Å². The normalized spacial score (nSPS) is 17.6. The van der Waals surface area contributed by atoms with E-state index >= 15 is 0 Å². The lowest BCUT2D eigenvalue weighted by atomic mass is 10.0. The molecule has 0 spiro atoms. The number of anilines is 4. The molecule has 1 aliphatic rings. The van der Waals surface area contributed by atoms with Gasteiger partial charge in [-0.3, -0.25) is 0 Å². The summed E-state index contributed by atoms with van der Waals surface area (Å²) in [5.74, 6) is 1.88. The van der Waals surface area contributed by atoms with Crippen molar-refractivity contribution in [3.8, 4) is 0 Å². The van der Waals surface area contributed by atoms with Gasteiger partial charge in [-0.05, 0) is 49.9 Å². The molecule has 1 fully saturated rings. The molecule has 0 saturated carbocycles. The van der Waals surface area contributed by atoms with E-state index in [0.29, 0.717) is 6.04 Å². The molecule has 1 atom stereocenters. The fourth-order valence-electron chi connectivity index (χ4n) is 3.29. The first-order valence-corrected chi connectivity index (χ1v) is 8.80. The van der Waals surface area contributed by atoms with Gasteiger partial charge >= 0.3 is 0 Å². The Morgan fingerprint density at radius 2 is 1.96 bits per heavy atom. The van der Waals surface area contributed by atoms with Crippen LogP contribution < -0.4 is 15.1 Å². The molecule has 2 aromatic rings. The second-order valence-corrected chi connectivity index (χ2v) is 6.58. The van der Waals surface area contributed by atoms with Gasteiger partial charge in [0.1, 0.15) is 18.0 Å². The fraction of sp³-hybridized carbons (Fsp3) is 0.474. The monoisotopic (exact) mass is 325 g/mol. The predicted octanol–water partition coefficient (Wildman–Crippen LogP) is 4.06. The van der Waals surface area contributed by atoms with Gasteiger partial charge in [0.2, 0.25) is 0 Å². The Bertz CT molecular complexity index is 653. The van der Waals surface area contributed by atoms with Crippen LogP contribution in [0.5, 0.6) is 0 Å². The summed E-state index contributed by atoms with van der Waals surface area (Å²) >= 11 is 0. The molecule has 1 N–H and O–H groups in total. The first-order valence-electron chi connectivity index (χ1n) is 8.80. The number of nitrogens with zero attached hydrogens (tertiary/aromatic N) is 4. The number of aromatic nitrogens is 2. The maximum absolute atomic E-state index is 4.51. The highest BCUT2D eigenvalue weighted by molar-refractivity contribution is 5.62. The molecule has 0 amide bonds. The van der Waals surface area contributed by atoms with Crippen LogP contribution in [0.15, 0.2) is 36.7 Å². The van der Waals surface area contributed by atoms with Crippen molar-refractivity contribution in [3.05, 3.63) is 36.7 Å². The van der Waals surface area contributed by atoms with Crippen LogP contribution in [-0.2, 0) is 0 Å². The van der Waals surface area contributed by atoms with Crippen LogP contribution in [0.4, 0.5) is 23.0 Å². The Morgan fingerprint density at radius 1 is 1.17 bits per heavy atom. The highest BCUT2D eigenvalue weighted by Crippen LogP contribution is 2.27. The summed E-state index contributed by atoms with van der Waals surface area (Å²) in [7, 11) is 4.09. The lowest BCUT2D eigenvalue weighted by Gasteiger charge is -2.36. The lowest BCUT2D eigenvalue weighted by molar-refractivity contribution is 0.446. The third-order valence-corrected chi connectivity index (χ3v) is 4.70. The average Bonchev–Trinajstić information content (AvgIpc) is 2.62. The van der Waals surface area contributed by atoms with Crippen molar-refractivity contribution in [2.24, 2.45) is 0 Å². The minimum atomic E-state index is 0.598. The van der Waals surface area contributed by atoms with Crippen LogP contribution in [-0.4, -0.2) is 36.6 Å². The SMILES string of the molecule is CCC1CCCCN1c1cc(Nc2ccc(N(C)C)cc2)ncn1. The summed E-state index contributed by atoms with van der Waals surface area (Å²) in [6.07, 6.45) is 6.65. The second-order valence-electron chi connectivity index (χ2n) is 6.58. The Morgan fingerprint density at radius 3 is 2.67 bits per heavy atom. The molecule has 1 aromatic carbocycles. The third kappa shape index (κ3) is 3.78. The number of nitrogens with one attached hydrogen (secondary N) is 1. The Labute approximate surface area is 144 Å². The van der Waals surface area contributed by atoms with Gasteiger partial charge in [-0.1, -0.05) is 6.92 Å². The van der Waals surface area contributed by atoms with Crippen LogP contribution in [0.2, 0.25) is 0 Å². The summed E-state index contributed by atoms with van der Waals surface area (Å²) in [6, 6.07) is 11.0. The molecule has 1 saturated heterocycles. The summed E-state index contributed by atoms with van der Waals surface area (Å²) < 4.78 is 0. The van der Waals surface area contributed by atoms with Gasteiger partial charge < -0.3 is 15.1 Å². The van der Waals surface area contributed by atoms with E-state index in [1.807, 2.05) is 14.1 Å². The molecule has 128 valence electrons. The van der Waals surface area contributed by atoms with Crippen molar-refractivity contribution >= 4 is 23.0 Å². The zero-order chi connectivity index (χ0) is 16.9. The Balaban J connectivity index is 1.75. The molecule has 24 heavy (non-hydrogen) atoms. The van der Waals surface area contributed by atoms with Crippen molar-refractivity contribution < 1.29 is 0 Å². The number of hydrogen-bond donors (Lipinski definition) is 1. The standard InChI is InChI=1S/C19H27N5/c1-4-16-7-5-6-12-24(16)19-13-18(20-14-21-19)22-15-8-10-17(11-9-15)23(2)3/h8-11,13-14,16H,4-7,12H2,1-3H3,(H,20,21,22). The van der Waals surface area contributed by atoms with Gasteiger partial charge in [0.05, 0.1) is 0 Å². The topological polar surface area (TPSA) is 44.3 Å². The molecule has 0 radical (unpaired) electrons. The van der Waals surface area contributed by atoms with Crippen molar-refractivity contribution in [2.45, 2.75) is 38.6 Å². The summed E-state index contributed by atoms with van der Waals surface area (Å²) in [6.45, 7) is 3.35. The predicted molar refractivity (Wildman–Crippen MR) is 101 cm³/mol. The first kappa shape index (κ1) is 16.6. The van der Waals surface area contributed by atoms with Crippen molar-refractivity contribution in [1.82, 2.24) is 9.97 Å². The number of rotatable bonds is 5. The highest BCUT2D eigenvalue weighted by atomic mass is 15.2. The molecule has 3 rings (SSSR count). The highest BCUT2D eigenvalue weighted by Gasteiger charge is 2.22. The zero-order valence-electron chi connectivity index (χ0n) is 14.9. The third-order valence-electron chi connectivity index (χ3n) is 4.70. The largest absolute Gasteiger partial charge is 0.378 e. The van der Waals surface area contributed by atoms with Crippen molar-refractivity contribution in [2.75, 3.05) is 35.8 Å². The van der Waals surface area contributed by atoms with E-state index in [0.717, 1.165) is 23.9 Å². The summed E-state index contributed by atoms with van der Waals surface area (Å²) in [4.78, 5) is 13.4. The first-order chi connectivity index (χ1) is 11.7. The number of piperidine rings is 1. The second kappa shape index (κ2) is 7.51. The zero-order valence-corrected chi connectivity index (χ0v) is 14.9. The summed E-state index contributed by atoms with van der Waals surface area (Å²) in [5, 5.41) is 3.39. The maximum Gasteiger partial charge on any atom is 0.135 e. The number of benzene rings is 1. The average molecular weight is 325 g/mol. The van der Waals surface area contributed by atoms with Gasteiger partial charge in [-0.25, -0.2) is 9.97 Å². The molecule has 5 nitrogen and oxygen atoms in total. The minimum absolute atomic E-state index is 0.598. The lowest BCUT2D eigenvalue weighted by Crippen LogP contribution is -2.39. The van der Waals surface area contributed by atoms with Crippen LogP contribution in [0.3, 0.4) is 0 Å². The Hall–Kier alpha value is -2.30. The maximum atomic E-state index is 4.51. The van der Waals surface area contributed by atoms with Crippen LogP contribution in [0.25, 0.3) is 0 Å². The molecule has 1 aromatic heterocycles. The van der Waals surface area contributed by atoms with Gasteiger partial charge in [0.15, 0.2) is 0 Å². The van der Waals surface area contributed by atoms with Gasteiger partial charge in [0, 0.05) is 44.1 Å². The molecule has 0 bridgehead atoms. The fourth-order valence-corrected chi connectivity index (χ4v) is 3.29. The van der Waals surface area contributed by atoms with Gasteiger partial charge in [-0.2, -0.15) is 0 Å². The van der Waals surface area contributed by atoms with Crippen LogP contribution >= 0.6 is 0 Å². The van der Waals surface area contributed by atoms with Crippen molar-refractivity contribution in [3.63, 3.8) is 0 Å². The quantitative estimate of drug-likeness (QED) is 0.898. The van der Waals surface area contributed by atoms with Crippen LogP contribution in [0.1, 0.15) is 32.6 Å². The number of hydrogen-bond acceptors (Lipinski definition) is 5. The Kier molecular flexibility index (Phi) is 5.18. The van der Waals surface area contributed by atoms with Gasteiger partial charge in [0.25, 0.3) is 0 Å². The summed E-state index contributed by atoms with van der Waals surface area (Å²) in [5.41, 5.74) is 2.22. The van der Waals surface area contributed by atoms with E-state index in [2.05, 4.69) is 62.3 Å². The van der Waals surface area contributed by atoms with E-state index in [1.165, 1.54) is 31.4 Å². The van der Waals surface area contributed by atoms with E-state index in [-0.39, 0.29) is 0 Å². The molecular formula is C19H27N5. The van der Waals surface area contributed by atoms with Crippen molar-refractivity contribution in [1.29, 1.82) is 0 Å². The minimum Gasteiger partial charge on any atom is -0.378 e. The molecule has 2 heterocycles. The molecule has 0 aliphatic carbocycles. The molecule has 1 aliphatic heterocycles. The smallest absolute Gasteiger partial charge is 0.135 e. The van der Waals surface area contributed by atoms with E-state index < -0.39 is 0 Å². The molecule has 5 heteroatoms.